The van der Waals surface area contributed by atoms with Gasteiger partial charge in [-0.3, -0.25) is 0 Å². The first-order valence-electron chi connectivity index (χ1n) is 15.4. The number of hydrogen-bond acceptors (Lipinski definition) is 2. The van der Waals surface area contributed by atoms with Gasteiger partial charge in [-0.25, -0.2) is 0 Å². The molecule has 2 rings (SSSR count). The third kappa shape index (κ3) is 11.7. The summed E-state index contributed by atoms with van der Waals surface area (Å²) in [6.45, 7) is 21.6. The van der Waals surface area contributed by atoms with E-state index in [2.05, 4.69) is 154 Å². The van der Waals surface area contributed by atoms with Crippen molar-refractivity contribution in [1.29, 1.82) is 0 Å². The molecular weight excluding hydrogens is 512 g/mol. The predicted octanol–water partition coefficient (Wildman–Crippen LogP) is 10.4. The van der Waals surface area contributed by atoms with Gasteiger partial charge in [0.1, 0.15) is 0 Å². The van der Waals surface area contributed by atoms with Crippen LogP contribution >= 0.6 is 0 Å². The van der Waals surface area contributed by atoms with E-state index in [0.717, 1.165) is 19.3 Å². The van der Waals surface area contributed by atoms with Crippen molar-refractivity contribution in [2.75, 3.05) is 0 Å². The largest absolute Gasteiger partial charge is 0.393 e. The highest BCUT2D eigenvalue weighted by Crippen LogP contribution is 2.42. The van der Waals surface area contributed by atoms with Crippen LogP contribution in [-0.2, 0) is 0 Å². The third-order valence-electron chi connectivity index (χ3n) is 8.33. The zero-order valence-corrected chi connectivity index (χ0v) is 27.9. The Morgan fingerprint density at radius 1 is 0.714 bits per heavy atom. The maximum atomic E-state index is 10.1. The van der Waals surface area contributed by atoms with Gasteiger partial charge in [-0.05, 0) is 77.2 Å². The molecule has 2 aliphatic carbocycles. The van der Waals surface area contributed by atoms with Crippen LogP contribution in [0.5, 0.6) is 0 Å². The molecule has 0 spiro atoms. The third-order valence-corrected chi connectivity index (χ3v) is 8.33. The van der Waals surface area contributed by atoms with E-state index < -0.39 is 0 Å². The lowest BCUT2D eigenvalue weighted by Gasteiger charge is -2.38. The quantitative estimate of drug-likeness (QED) is 0.203. The number of hydrogen-bond donors (Lipinski definition) is 2. The normalized spacial score (nSPS) is 26.6. The number of aliphatic hydroxyl groups is 2. The molecule has 0 fully saturated rings. The second-order valence-corrected chi connectivity index (χ2v) is 13.7. The molecule has 0 aromatic heterocycles. The van der Waals surface area contributed by atoms with Gasteiger partial charge in [-0.1, -0.05) is 152 Å². The molecule has 0 radical (unpaired) electrons. The van der Waals surface area contributed by atoms with Crippen LogP contribution in [0.3, 0.4) is 0 Å². The van der Waals surface area contributed by atoms with E-state index in [1.54, 1.807) is 0 Å². The summed E-state index contributed by atoms with van der Waals surface area (Å²) in [6.07, 6.45) is 33.8. The minimum absolute atomic E-state index is 0.00528. The van der Waals surface area contributed by atoms with Gasteiger partial charge in [-0.15, -0.1) is 0 Å². The molecule has 228 valence electrons. The fourth-order valence-electron chi connectivity index (χ4n) is 6.14. The van der Waals surface area contributed by atoms with E-state index in [9.17, 15) is 10.2 Å². The van der Waals surface area contributed by atoms with Gasteiger partial charge in [-0.2, -0.15) is 0 Å². The summed E-state index contributed by atoms with van der Waals surface area (Å²) in [7, 11) is 0. The van der Waals surface area contributed by atoms with Crippen LogP contribution in [0.2, 0.25) is 0 Å². The molecule has 0 aromatic rings. The summed E-state index contributed by atoms with van der Waals surface area (Å²) < 4.78 is 0. The van der Waals surface area contributed by atoms with Gasteiger partial charge in [0.2, 0.25) is 0 Å². The molecule has 3 atom stereocenters. The van der Waals surface area contributed by atoms with Crippen LogP contribution in [0.1, 0.15) is 88.5 Å². The van der Waals surface area contributed by atoms with Crippen molar-refractivity contribution >= 4 is 0 Å². The molecule has 0 saturated carbocycles. The average molecular weight is 569 g/mol. The maximum Gasteiger partial charge on any atom is 0.0729 e. The fourth-order valence-corrected chi connectivity index (χ4v) is 6.14. The van der Waals surface area contributed by atoms with Gasteiger partial charge in [0.15, 0.2) is 0 Å². The molecule has 2 heteroatoms. The van der Waals surface area contributed by atoms with Crippen molar-refractivity contribution in [1.82, 2.24) is 0 Å². The van der Waals surface area contributed by atoms with Crippen molar-refractivity contribution in [3.05, 3.63) is 130 Å². The first kappa shape index (κ1) is 35.3. The van der Waals surface area contributed by atoms with Crippen molar-refractivity contribution < 1.29 is 10.2 Å². The SMILES string of the molecule is CC1=C[C@@H](O)CC(C)(C)[C@H]1/C=C/C(C)=C/C=C/C(C)=C/C=C/C=C(C)/C=C/C=C(C)\C=C\C1=C(C)C[C@@H](O)CC1(C)C. The summed E-state index contributed by atoms with van der Waals surface area (Å²) in [5, 5.41) is 20.2. The second-order valence-electron chi connectivity index (χ2n) is 13.7. The highest BCUT2D eigenvalue weighted by atomic mass is 16.3. The molecule has 0 bridgehead atoms. The van der Waals surface area contributed by atoms with E-state index in [-0.39, 0.29) is 23.0 Å². The lowest BCUT2D eigenvalue weighted by atomic mass is 9.67. The first-order chi connectivity index (χ1) is 19.6. The van der Waals surface area contributed by atoms with Crippen LogP contribution in [0.4, 0.5) is 0 Å². The number of allylic oxidation sites excluding steroid dienone is 20. The Labute approximate surface area is 257 Å². The monoisotopic (exact) mass is 568 g/mol. The lowest BCUT2D eigenvalue weighted by molar-refractivity contribution is 0.116. The lowest BCUT2D eigenvalue weighted by Crippen LogP contribution is -2.32. The molecule has 0 saturated heterocycles. The zero-order valence-electron chi connectivity index (χ0n) is 27.9. The number of rotatable bonds is 10. The molecule has 0 aromatic carbocycles. The molecule has 2 aliphatic rings. The first-order valence-corrected chi connectivity index (χ1v) is 15.4. The van der Waals surface area contributed by atoms with Crippen LogP contribution < -0.4 is 0 Å². The fraction of sp³-hybridized carbons (Fsp3) is 0.450. The molecule has 2 nitrogen and oxygen atoms in total. The molecule has 2 N–H and O–H groups in total. The van der Waals surface area contributed by atoms with E-state index in [1.165, 1.54) is 39.0 Å². The van der Waals surface area contributed by atoms with Crippen molar-refractivity contribution in [3.63, 3.8) is 0 Å². The molecule has 0 aliphatic heterocycles. The summed E-state index contributed by atoms with van der Waals surface area (Å²) >= 11 is 0. The second kappa shape index (κ2) is 16.1. The topological polar surface area (TPSA) is 40.5 Å². The predicted molar refractivity (Wildman–Crippen MR) is 184 cm³/mol. The average Bonchev–Trinajstić information content (AvgIpc) is 2.84. The Balaban J connectivity index is 1.90. The molecule has 0 amide bonds. The highest BCUT2D eigenvalue weighted by molar-refractivity contribution is 5.38. The minimum Gasteiger partial charge on any atom is -0.393 e. The van der Waals surface area contributed by atoms with Crippen LogP contribution in [-0.4, -0.2) is 22.4 Å². The summed E-state index contributed by atoms with van der Waals surface area (Å²) in [6, 6.07) is 0. The van der Waals surface area contributed by atoms with Crippen molar-refractivity contribution in [2.45, 2.75) is 101 Å². The van der Waals surface area contributed by atoms with Gasteiger partial charge >= 0.3 is 0 Å². The van der Waals surface area contributed by atoms with Crippen molar-refractivity contribution in [3.8, 4) is 0 Å². The Morgan fingerprint density at radius 3 is 1.74 bits per heavy atom. The van der Waals surface area contributed by atoms with Crippen LogP contribution in [0.15, 0.2) is 130 Å². The molecule has 42 heavy (non-hydrogen) atoms. The van der Waals surface area contributed by atoms with Crippen LogP contribution in [0.25, 0.3) is 0 Å². The molecule has 0 heterocycles. The van der Waals surface area contributed by atoms with Crippen molar-refractivity contribution in [2.24, 2.45) is 16.7 Å². The highest BCUT2D eigenvalue weighted by Gasteiger charge is 2.34. The van der Waals surface area contributed by atoms with Gasteiger partial charge in [0, 0.05) is 5.92 Å². The minimum atomic E-state index is -0.331. The summed E-state index contributed by atoms with van der Waals surface area (Å²) in [5.41, 5.74) is 8.73. The van der Waals surface area contributed by atoms with Crippen LogP contribution in [0, 0.1) is 16.7 Å². The Hall–Kier alpha value is -2.94. The van der Waals surface area contributed by atoms with E-state index >= 15 is 0 Å². The van der Waals surface area contributed by atoms with Gasteiger partial charge < -0.3 is 10.2 Å². The van der Waals surface area contributed by atoms with E-state index in [1.807, 2.05) is 6.08 Å². The zero-order chi connectivity index (χ0) is 31.5. The maximum absolute atomic E-state index is 10.1. The van der Waals surface area contributed by atoms with Gasteiger partial charge in [0.25, 0.3) is 0 Å². The smallest absolute Gasteiger partial charge is 0.0729 e. The Kier molecular flexibility index (Phi) is 13.5. The Bertz CT molecular complexity index is 1270. The standard InChI is InChI=1S/C40H56O2/c1-29(17-13-19-31(3)21-23-37-33(5)25-35(41)27-39(37,7)8)15-11-12-16-30(2)18-14-20-32(4)22-24-38-34(6)26-36(42)28-40(38,9)10/h11-25,35-37,41-42H,26-28H2,1-10H3/b12-11+,17-13+,18-14+,23-21+,24-22+,29-15+,30-16+,31-19+,32-20-/t35-,36-,37+/m1/s1. The summed E-state index contributed by atoms with van der Waals surface area (Å²) in [4.78, 5) is 0. The van der Waals surface area contributed by atoms with E-state index in [0.29, 0.717) is 5.92 Å². The summed E-state index contributed by atoms with van der Waals surface area (Å²) in [5.74, 6) is 0.348. The Morgan fingerprint density at radius 2 is 1.21 bits per heavy atom. The van der Waals surface area contributed by atoms with E-state index in [4.69, 9.17) is 0 Å². The van der Waals surface area contributed by atoms with Gasteiger partial charge in [0.05, 0.1) is 12.2 Å². The molecular formula is C40H56O2. The molecule has 0 unspecified atom stereocenters. The number of aliphatic hydroxyl groups excluding tert-OH is 2.